The van der Waals surface area contributed by atoms with Gasteiger partial charge in [0.25, 0.3) is 11.8 Å². The third-order valence-corrected chi connectivity index (χ3v) is 5.47. The number of nitrogens with one attached hydrogen (secondary N) is 1. The molecule has 0 bridgehead atoms. The second-order valence-electron chi connectivity index (χ2n) is 7.73. The van der Waals surface area contributed by atoms with Gasteiger partial charge >= 0.3 is 6.03 Å². The van der Waals surface area contributed by atoms with E-state index in [0.717, 1.165) is 21.6 Å². The molecule has 3 aromatic carbocycles. The summed E-state index contributed by atoms with van der Waals surface area (Å²) in [4.78, 5) is 39.0. The summed E-state index contributed by atoms with van der Waals surface area (Å²) < 4.78 is 5.77. The van der Waals surface area contributed by atoms with Gasteiger partial charge in [-0.25, -0.2) is 9.69 Å². The molecular weight excluding hydrogens is 440 g/mol. The van der Waals surface area contributed by atoms with E-state index in [-0.39, 0.29) is 5.57 Å². The molecule has 0 radical (unpaired) electrons. The molecule has 1 heterocycles. The van der Waals surface area contributed by atoms with Crippen molar-refractivity contribution in [1.29, 1.82) is 0 Å². The molecule has 0 aromatic heterocycles. The lowest BCUT2D eigenvalue weighted by Gasteiger charge is -2.27. The molecule has 6 nitrogen and oxygen atoms in total. The summed E-state index contributed by atoms with van der Waals surface area (Å²) in [6.07, 6.45) is 1.46. The van der Waals surface area contributed by atoms with E-state index in [1.807, 2.05) is 31.2 Å². The molecule has 7 heteroatoms. The molecule has 0 spiro atoms. The highest BCUT2D eigenvalue weighted by Crippen LogP contribution is 2.26. The van der Waals surface area contributed by atoms with Crippen molar-refractivity contribution in [3.8, 4) is 5.75 Å². The summed E-state index contributed by atoms with van der Waals surface area (Å²) in [6.45, 7) is 4.05. The number of rotatable bonds is 5. The van der Waals surface area contributed by atoms with Crippen molar-refractivity contribution in [3.63, 3.8) is 0 Å². The lowest BCUT2D eigenvalue weighted by molar-refractivity contribution is -0.122. The van der Waals surface area contributed by atoms with Crippen LogP contribution in [0.5, 0.6) is 5.75 Å². The summed E-state index contributed by atoms with van der Waals surface area (Å²) in [5, 5.41) is 2.92. The molecule has 4 rings (SSSR count). The number of carbonyl (C=O) groups is 3. The second kappa shape index (κ2) is 9.30. The molecule has 0 unspecified atom stereocenters. The third kappa shape index (κ3) is 4.96. The third-order valence-electron chi connectivity index (χ3n) is 5.22. The maximum absolute atomic E-state index is 13.1. The molecule has 1 fully saturated rings. The lowest BCUT2D eigenvalue weighted by atomic mass is 10.0. The van der Waals surface area contributed by atoms with Crippen LogP contribution in [0.4, 0.5) is 10.5 Å². The molecular formula is C26H21ClN2O4. The molecule has 4 amide bonds. The Morgan fingerprint density at radius 3 is 2.33 bits per heavy atom. The molecule has 166 valence electrons. The fourth-order valence-electron chi connectivity index (χ4n) is 3.41. The van der Waals surface area contributed by atoms with E-state index < -0.39 is 17.8 Å². The fourth-order valence-corrected chi connectivity index (χ4v) is 3.54. The molecule has 1 saturated heterocycles. The summed E-state index contributed by atoms with van der Waals surface area (Å²) in [7, 11) is 0. The van der Waals surface area contributed by atoms with Gasteiger partial charge in [0.1, 0.15) is 17.9 Å². The second-order valence-corrected chi connectivity index (χ2v) is 8.17. The van der Waals surface area contributed by atoms with Crippen LogP contribution in [0.3, 0.4) is 0 Å². The Hall–Kier alpha value is -3.90. The number of urea groups is 1. The highest BCUT2D eigenvalue weighted by molar-refractivity contribution is 6.39. The van der Waals surface area contributed by atoms with Gasteiger partial charge in [-0.15, -0.1) is 0 Å². The number of anilines is 1. The standard InChI is InChI=1S/C26H21ClN2O4/c1-16-3-4-17(2)23(13-16)29-25(31)22(24(30)28-26(29)32)14-18-7-11-21(12-8-18)33-15-19-5-9-20(27)10-6-19/h3-14H,15H2,1-2H3,(H,28,30,32)/b22-14+. The van der Waals surface area contributed by atoms with E-state index in [1.165, 1.54) is 6.08 Å². The van der Waals surface area contributed by atoms with Crippen molar-refractivity contribution in [1.82, 2.24) is 5.32 Å². The zero-order valence-electron chi connectivity index (χ0n) is 18.1. The van der Waals surface area contributed by atoms with Gasteiger partial charge in [0.05, 0.1) is 5.69 Å². The van der Waals surface area contributed by atoms with Gasteiger partial charge in [0.15, 0.2) is 0 Å². The normalized spacial score (nSPS) is 15.1. The van der Waals surface area contributed by atoms with E-state index in [1.54, 1.807) is 49.4 Å². The predicted molar refractivity (Wildman–Crippen MR) is 127 cm³/mol. The van der Waals surface area contributed by atoms with E-state index in [9.17, 15) is 14.4 Å². The average Bonchev–Trinajstić information content (AvgIpc) is 2.79. The first-order valence-electron chi connectivity index (χ1n) is 10.3. The number of amides is 4. The zero-order chi connectivity index (χ0) is 23.5. The van der Waals surface area contributed by atoms with Crippen LogP contribution in [0.15, 0.2) is 72.3 Å². The number of benzene rings is 3. The number of ether oxygens (including phenoxy) is 1. The topological polar surface area (TPSA) is 75.7 Å². The average molecular weight is 461 g/mol. The van der Waals surface area contributed by atoms with Crippen LogP contribution in [-0.4, -0.2) is 17.8 Å². The minimum atomic E-state index is -0.762. The quantitative estimate of drug-likeness (QED) is 0.419. The van der Waals surface area contributed by atoms with E-state index in [0.29, 0.717) is 28.6 Å². The van der Waals surface area contributed by atoms with Crippen LogP contribution in [0, 0.1) is 13.8 Å². The van der Waals surface area contributed by atoms with Crippen molar-refractivity contribution >= 4 is 41.2 Å². The maximum Gasteiger partial charge on any atom is 0.335 e. The fraction of sp³-hybridized carbons (Fsp3) is 0.115. The van der Waals surface area contributed by atoms with Crippen molar-refractivity contribution in [2.75, 3.05) is 4.90 Å². The first kappa shape index (κ1) is 22.3. The Kier molecular flexibility index (Phi) is 6.29. The van der Waals surface area contributed by atoms with Gasteiger partial charge in [-0.2, -0.15) is 0 Å². The van der Waals surface area contributed by atoms with Gasteiger partial charge in [-0.1, -0.05) is 48.0 Å². The van der Waals surface area contributed by atoms with Crippen LogP contribution in [0.25, 0.3) is 6.08 Å². The van der Waals surface area contributed by atoms with E-state index in [4.69, 9.17) is 16.3 Å². The van der Waals surface area contributed by atoms with Crippen molar-refractivity contribution in [2.24, 2.45) is 0 Å². The Morgan fingerprint density at radius 2 is 1.64 bits per heavy atom. The van der Waals surface area contributed by atoms with Gasteiger partial charge in [0.2, 0.25) is 0 Å². The monoisotopic (exact) mass is 460 g/mol. The SMILES string of the molecule is Cc1ccc(C)c(N2C(=O)NC(=O)/C(=C\c3ccc(OCc4ccc(Cl)cc4)cc3)C2=O)c1. The van der Waals surface area contributed by atoms with Gasteiger partial charge < -0.3 is 4.74 Å². The highest BCUT2D eigenvalue weighted by atomic mass is 35.5. The lowest BCUT2D eigenvalue weighted by Crippen LogP contribution is -2.54. The van der Waals surface area contributed by atoms with Crippen molar-refractivity contribution in [3.05, 3.63) is 99.6 Å². The Balaban J connectivity index is 1.54. The Bertz CT molecular complexity index is 1260. The van der Waals surface area contributed by atoms with Gasteiger partial charge in [-0.3, -0.25) is 14.9 Å². The number of hydrogen-bond donors (Lipinski definition) is 1. The van der Waals surface area contributed by atoms with Gasteiger partial charge in [0, 0.05) is 5.02 Å². The first-order chi connectivity index (χ1) is 15.8. The summed E-state index contributed by atoms with van der Waals surface area (Å²) >= 11 is 5.89. The van der Waals surface area contributed by atoms with Gasteiger partial charge in [-0.05, 0) is 72.5 Å². The summed E-state index contributed by atoms with van der Waals surface area (Å²) in [5.74, 6) is -0.756. The molecule has 0 aliphatic carbocycles. The van der Waals surface area contributed by atoms with Crippen LogP contribution in [0.2, 0.25) is 5.02 Å². The smallest absolute Gasteiger partial charge is 0.335 e. The largest absolute Gasteiger partial charge is 0.489 e. The predicted octanol–water partition coefficient (Wildman–Crippen LogP) is 5.20. The highest BCUT2D eigenvalue weighted by Gasteiger charge is 2.37. The summed E-state index contributed by atoms with van der Waals surface area (Å²) in [6, 6.07) is 19.1. The van der Waals surface area contributed by atoms with Crippen LogP contribution in [0.1, 0.15) is 22.3 Å². The molecule has 1 aliphatic heterocycles. The number of imide groups is 2. The van der Waals surface area contributed by atoms with Crippen LogP contribution in [-0.2, 0) is 16.2 Å². The number of barbiturate groups is 1. The zero-order valence-corrected chi connectivity index (χ0v) is 18.8. The van der Waals surface area contributed by atoms with E-state index >= 15 is 0 Å². The molecule has 1 N–H and O–H groups in total. The van der Waals surface area contributed by atoms with E-state index in [2.05, 4.69) is 5.32 Å². The number of halogens is 1. The Morgan fingerprint density at radius 1 is 0.939 bits per heavy atom. The van der Waals surface area contributed by atoms with Crippen molar-refractivity contribution in [2.45, 2.75) is 20.5 Å². The molecule has 0 saturated carbocycles. The van der Waals surface area contributed by atoms with Crippen molar-refractivity contribution < 1.29 is 19.1 Å². The summed E-state index contributed by atoms with van der Waals surface area (Å²) in [5.41, 5.74) is 3.58. The van der Waals surface area contributed by atoms with Crippen LogP contribution >= 0.6 is 11.6 Å². The minimum Gasteiger partial charge on any atom is -0.489 e. The Labute approximate surface area is 196 Å². The number of nitrogens with zero attached hydrogens (tertiary/aromatic N) is 1. The number of aryl methyl sites for hydroxylation is 2. The molecule has 33 heavy (non-hydrogen) atoms. The molecule has 0 atom stereocenters. The molecule has 1 aliphatic rings. The number of carbonyl (C=O) groups excluding carboxylic acids is 3. The minimum absolute atomic E-state index is 0.120. The van der Waals surface area contributed by atoms with Crippen LogP contribution < -0.4 is 15.0 Å². The maximum atomic E-state index is 13.1. The molecule has 3 aromatic rings. The number of hydrogen-bond acceptors (Lipinski definition) is 4. The first-order valence-corrected chi connectivity index (χ1v) is 10.7.